The maximum Gasteiger partial charge on any atom is 0.325 e. The minimum absolute atomic E-state index is 0.262. The highest BCUT2D eigenvalue weighted by Gasteiger charge is 2.49. The van der Waals surface area contributed by atoms with Gasteiger partial charge in [0.1, 0.15) is 0 Å². The first-order chi connectivity index (χ1) is 14.8. The average Bonchev–Trinajstić information content (AvgIpc) is 3.09. The summed E-state index contributed by atoms with van der Waals surface area (Å²) in [6.45, 7) is 8.78. The first-order valence-corrected chi connectivity index (χ1v) is 11.9. The van der Waals surface area contributed by atoms with E-state index in [2.05, 4.69) is 32.0 Å². The number of likely N-dealkylation sites (tertiary alicyclic amines) is 1. The molecule has 0 saturated carbocycles. The Morgan fingerprint density at radius 2 is 1.84 bits per heavy atom. The molecule has 2 atom stereocenters. The molecular formula is C21H31N7O2S. The molecule has 0 bridgehead atoms. The second-order valence-electron chi connectivity index (χ2n) is 8.69. The van der Waals surface area contributed by atoms with Crippen molar-refractivity contribution in [3.05, 3.63) is 17.5 Å². The van der Waals surface area contributed by atoms with Crippen LogP contribution in [0.3, 0.4) is 0 Å². The van der Waals surface area contributed by atoms with Crippen LogP contribution in [0, 0.1) is 19.8 Å². The van der Waals surface area contributed by atoms with Crippen molar-refractivity contribution in [3.63, 3.8) is 0 Å². The second kappa shape index (κ2) is 9.02. The number of carbonyl (C=O) groups excluding carboxylic acids is 2. The molecule has 3 aliphatic heterocycles. The summed E-state index contributed by atoms with van der Waals surface area (Å²) in [6, 6.07) is 1.11. The Kier molecular flexibility index (Phi) is 6.36. The Morgan fingerprint density at radius 1 is 1.16 bits per heavy atom. The number of imide groups is 1. The summed E-state index contributed by atoms with van der Waals surface area (Å²) in [7, 11) is 1.70. The summed E-state index contributed by atoms with van der Waals surface area (Å²) in [6.07, 6.45) is 2.62. The fraction of sp³-hybridized carbons (Fsp3) is 0.667. The molecular weight excluding hydrogens is 414 g/mol. The molecule has 10 heteroatoms. The van der Waals surface area contributed by atoms with E-state index in [1.54, 1.807) is 18.8 Å². The summed E-state index contributed by atoms with van der Waals surface area (Å²) in [5, 5.41) is 3.27. The smallest absolute Gasteiger partial charge is 0.325 e. The number of aliphatic imine (C=N–C) groups is 1. The number of carbonyl (C=O) groups is 2. The SMILES string of the molecule is Cc1cc(C)nc(SCCCN2C(N3CCC(C)CC3)=NC3C2C(=O)NC(=O)N3C)n1. The van der Waals surface area contributed by atoms with Gasteiger partial charge in [-0.15, -0.1) is 0 Å². The van der Waals surface area contributed by atoms with E-state index in [4.69, 9.17) is 4.99 Å². The van der Waals surface area contributed by atoms with Crippen molar-refractivity contribution in [2.24, 2.45) is 10.9 Å². The van der Waals surface area contributed by atoms with Crippen molar-refractivity contribution in [2.45, 2.75) is 57.4 Å². The number of nitrogens with zero attached hydrogens (tertiary/aromatic N) is 6. The van der Waals surface area contributed by atoms with E-state index in [1.807, 2.05) is 19.9 Å². The van der Waals surface area contributed by atoms with Gasteiger partial charge >= 0.3 is 6.03 Å². The standard InChI is InChI=1S/C21H31N7O2S/c1-13-6-9-27(10-7-13)20-24-17-16(18(29)25-21(30)26(17)4)28(20)8-5-11-31-19-22-14(2)12-15(3)23-19/h12-13,16-17H,5-11H2,1-4H3,(H,25,29,30). The number of fused-ring (bicyclic) bond motifs is 1. The zero-order chi connectivity index (χ0) is 22.1. The number of piperidine rings is 1. The molecule has 31 heavy (non-hydrogen) atoms. The minimum Gasteiger partial charge on any atom is -0.343 e. The molecule has 2 fully saturated rings. The molecule has 168 valence electrons. The molecule has 1 aromatic rings. The normalized spacial score (nSPS) is 24.4. The highest BCUT2D eigenvalue weighted by atomic mass is 32.2. The summed E-state index contributed by atoms with van der Waals surface area (Å²) < 4.78 is 0. The average molecular weight is 446 g/mol. The van der Waals surface area contributed by atoms with Crippen molar-refractivity contribution < 1.29 is 9.59 Å². The Hall–Kier alpha value is -2.36. The van der Waals surface area contributed by atoms with Gasteiger partial charge in [0.2, 0.25) is 0 Å². The summed E-state index contributed by atoms with van der Waals surface area (Å²) in [4.78, 5) is 44.6. The summed E-state index contributed by atoms with van der Waals surface area (Å²) >= 11 is 1.63. The van der Waals surface area contributed by atoms with Gasteiger partial charge in [0, 0.05) is 43.8 Å². The Bertz CT molecular complexity index is 864. The lowest BCUT2D eigenvalue weighted by atomic mass is 9.99. The van der Waals surface area contributed by atoms with Crippen molar-refractivity contribution in [1.82, 2.24) is 30.0 Å². The zero-order valence-electron chi connectivity index (χ0n) is 18.7. The number of amides is 3. The number of likely N-dealkylation sites (N-methyl/N-ethyl adjacent to an activating group) is 1. The number of guanidine groups is 1. The molecule has 1 N–H and O–H groups in total. The van der Waals surface area contributed by atoms with Crippen LogP contribution in [0.5, 0.6) is 0 Å². The van der Waals surface area contributed by atoms with Crippen molar-refractivity contribution in [1.29, 1.82) is 0 Å². The monoisotopic (exact) mass is 445 g/mol. The third kappa shape index (κ3) is 4.63. The van der Waals surface area contributed by atoms with E-state index in [0.717, 1.165) is 60.6 Å². The number of nitrogens with one attached hydrogen (secondary N) is 1. The second-order valence-corrected chi connectivity index (χ2v) is 9.75. The van der Waals surface area contributed by atoms with Gasteiger partial charge in [-0.25, -0.2) is 19.8 Å². The molecule has 0 radical (unpaired) electrons. The van der Waals surface area contributed by atoms with Crippen LogP contribution in [0.1, 0.15) is 37.6 Å². The highest BCUT2D eigenvalue weighted by Crippen LogP contribution is 2.28. The molecule has 1 aromatic heterocycles. The van der Waals surface area contributed by atoms with E-state index in [0.29, 0.717) is 12.5 Å². The highest BCUT2D eigenvalue weighted by molar-refractivity contribution is 7.99. The van der Waals surface area contributed by atoms with Crippen LogP contribution in [0.25, 0.3) is 0 Å². The molecule has 9 nitrogen and oxygen atoms in total. The fourth-order valence-corrected chi connectivity index (χ4v) is 5.25. The minimum atomic E-state index is -0.473. The van der Waals surface area contributed by atoms with Gasteiger partial charge in [0.15, 0.2) is 23.3 Å². The molecule has 4 heterocycles. The molecule has 2 saturated heterocycles. The third-order valence-electron chi connectivity index (χ3n) is 6.14. The number of hydrogen-bond donors (Lipinski definition) is 1. The Labute approximate surface area is 187 Å². The maximum atomic E-state index is 12.7. The first kappa shape index (κ1) is 21.9. The number of urea groups is 1. The lowest BCUT2D eigenvalue weighted by molar-refractivity contribution is -0.127. The van der Waals surface area contributed by atoms with Crippen LogP contribution in [-0.4, -0.2) is 87.2 Å². The maximum absolute atomic E-state index is 12.7. The largest absolute Gasteiger partial charge is 0.343 e. The van der Waals surface area contributed by atoms with Crippen molar-refractivity contribution in [3.8, 4) is 0 Å². The lowest BCUT2D eigenvalue weighted by Crippen LogP contribution is -2.64. The van der Waals surface area contributed by atoms with Crippen LogP contribution in [0.4, 0.5) is 4.79 Å². The van der Waals surface area contributed by atoms with Gasteiger partial charge in [-0.1, -0.05) is 18.7 Å². The van der Waals surface area contributed by atoms with E-state index in [-0.39, 0.29) is 11.9 Å². The van der Waals surface area contributed by atoms with Crippen LogP contribution < -0.4 is 5.32 Å². The Morgan fingerprint density at radius 3 is 2.52 bits per heavy atom. The van der Waals surface area contributed by atoms with Crippen LogP contribution in [0.2, 0.25) is 0 Å². The summed E-state index contributed by atoms with van der Waals surface area (Å²) in [5.41, 5.74) is 1.94. The van der Waals surface area contributed by atoms with E-state index in [1.165, 1.54) is 4.90 Å². The number of aryl methyl sites for hydroxylation is 2. The van der Waals surface area contributed by atoms with Crippen LogP contribution in [-0.2, 0) is 4.79 Å². The fourth-order valence-electron chi connectivity index (χ4n) is 4.38. The molecule has 2 unspecified atom stereocenters. The van der Waals surface area contributed by atoms with Crippen molar-refractivity contribution in [2.75, 3.05) is 32.4 Å². The van der Waals surface area contributed by atoms with E-state index in [9.17, 15) is 9.59 Å². The van der Waals surface area contributed by atoms with E-state index >= 15 is 0 Å². The summed E-state index contributed by atoms with van der Waals surface area (Å²) in [5.74, 6) is 2.14. The number of thioether (sulfide) groups is 1. The van der Waals surface area contributed by atoms with Gasteiger partial charge < -0.3 is 14.7 Å². The number of aromatic nitrogens is 2. The topological polar surface area (TPSA) is 94.0 Å². The third-order valence-corrected chi connectivity index (χ3v) is 7.08. The van der Waals surface area contributed by atoms with Crippen LogP contribution in [0.15, 0.2) is 16.2 Å². The van der Waals surface area contributed by atoms with Gasteiger partial charge in [-0.3, -0.25) is 10.1 Å². The molecule has 0 aromatic carbocycles. The molecule has 3 aliphatic rings. The van der Waals surface area contributed by atoms with Gasteiger partial charge in [-0.05, 0) is 45.1 Å². The molecule has 0 spiro atoms. The van der Waals surface area contributed by atoms with Gasteiger partial charge in [-0.2, -0.15) is 0 Å². The number of rotatable bonds is 5. The quantitative estimate of drug-likeness (QED) is 0.420. The predicted molar refractivity (Wildman–Crippen MR) is 120 cm³/mol. The van der Waals surface area contributed by atoms with Gasteiger partial charge in [0.25, 0.3) is 5.91 Å². The Balaban J connectivity index is 1.45. The molecule has 0 aliphatic carbocycles. The zero-order valence-corrected chi connectivity index (χ0v) is 19.5. The number of hydrogen-bond acceptors (Lipinski definition) is 8. The molecule has 3 amide bonds. The predicted octanol–water partition coefficient (Wildman–Crippen LogP) is 1.86. The molecule has 4 rings (SSSR count). The van der Waals surface area contributed by atoms with Gasteiger partial charge in [0.05, 0.1) is 0 Å². The first-order valence-electron chi connectivity index (χ1n) is 11.0. The van der Waals surface area contributed by atoms with Crippen LogP contribution >= 0.6 is 11.8 Å². The van der Waals surface area contributed by atoms with Crippen molar-refractivity contribution >= 4 is 29.7 Å². The lowest BCUT2D eigenvalue weighted by Gasteiger charge is -2.39. The van der Waals surface area contributed by atoms with E-state index < -0.39 is 12.2 Å².